The summed E-state index contributed by atoms with van der Waals surface area (Å²) in [5.41, 5.74) is 3.61. The normalized spacial score (nSPS) is 15.8. The maximum Gasteiger partial charge on any atom is 0.276 e. The molecule has 3 rings (SSSR count). The van der Waals surface area contributed by atoms with E-state index in [9.17, 15) is 8.42 Å². The minimum atomic E-state index is -3.67. The van der Waals surface area contributed by atoms with E-state index in [0.717, 1.165) is 43.1 Å². The number of nitrogens with one attached hydrogen (secondary N) is 1. The summed E-state index contributed by atoms with van der Waals surface area (Å²) in [5, 5.41) is 4.05. The van der Waals surface area contributed by atoms with Crippen molar-refractivity contribution in [3.05, 3.63) is 59.7 Å². The van der Waals surface area contributed by atoms with Gasteiger partial charge in [0.25, 0.3) is 10.0 Å². The van der Waals surface area contributed by atoms with Crippen LogP contribution in [0, 0.1) is 6.92 Å². The van der Waals surface area contributed by atoms with Crippen molar-refractivity contribution in [2.45, 2.75) is 18.7 Å². The van der Waals surface area contributed by atoms with Gasteiger partial charge >= 0.3 is 0 Å². The van der Waals surface area contributed by atoms with Gasteiger partial charge in [0.05, 0.1) is 23.8 Å². The first-order valence-corrected chi connectivity index (χ1v) is 10.00. The molecule has 1 N–H and O–H groups in total. The van der Waals surface area contributed by atoms with E-state index < -0.39 is 10.0 Å². The summed E-state index contributed by atoms with van der Waals surface area (Å²) in [4.78, 5) is 4.76. The summed E-state index contributed by atoms with van der Waals surface area (Å²) < 4.78 is 30.0. The van der Waals surface area contributed by atoms with Gasteiger partial charge in [0, 0.05) is 18.8 Å². The third-order valence-electron chi connectivity index (χ3n) is 4.33. The first-order valence-electron chi connectivity index (χ1n) is 8.51. The fourth-order valence-electron chi connectivity index (χ4n) is 2.70. The molecule has 0 atom stereocenters. The summed E-state index contributed by atoms with van der Waals surface area (Å²) in [6.07, 6.45) is 0. The summed E-state index contributed by atoms with van der Waals surface area (Å²) in [5.74, 6) is 0. The molecule has 0 radical (unpaired) electrons. The number of rotatable bonds is 5. The standard InChI is InChI=1S/C19H23N3O3S/c1-15-3-9-19(10-4-15)26(23,24)21-20-16(2)17-5-7-18(8-6-17)22-11-13-25-14-12-22/h3-10,21H,11-14H2,1-2H3/b20-16-. The van der Waals surface area contributed by atoms with Crippen LogP contribution in [0.15, 0.2) is 58.5 Å². The van der Waals surface area contributed by atoms with Crippen molar-refractivity contribution in [2.75, 3.05) is 31.2 Å². The molecule has 26 heavy (non-hydrogen) atoms. The second kappa shape index (κ2) is 7.88. The third-order valence-corrected chi connectivity index (χ3v) is 5.55. The number of ether oxygens (including phenoxy) is 1. The Bertz CT molecular complexity index is 869. The zero-order chi connectivity index (χ0) is 18.6. The maximum atomic E-state index is 12.3. The van der Waals surface area contributed by atoms with Crippen molar-refractivity contribution in [2.24, 2.45) is 5.10 Å². The fraction of sp³-hybridized carbons (Fsp3) is 0.316. The van der Waals surface area contributed by atoms with Crippen LogP contribution in [0.2, 0.25) is 0 Å². The van der Waals surface area contributed by atoms with Gasteiger partial charge in [0.2, 0.25) is 0 Å². The number of aryl methyl sites for hydroxylation is 1. The lowest BCUT2D eigenvalue weighted by Gasteiger charge is -2.28. The van der Waals surface area contributed by atoms with Gasteiger partial charge < -0.3 is 9.64 Å². The number of sulfonamides is 1. The lowest BCUT2D eigenvalue weighted by molar-refractivity contribution is 0.122. The molecule has 0 bridgehead atoms. The van der Waals surface area contributed by atoms with Gasteiger partial charge in [-0.2, -0.15) is 18.4 Å². The molecule has 0 spiro atoms. The van der Waals surface area contributed by atoms with E-state index in [-0.39, 0.29) is 4.90 Å². The monoisotopic (exact) mass is 373 g/mol. The zero-order valence-corrected chi connectivity index (χ0v) is 15.8. The summed E-state index contributed by atoms with van der Waals surface area (Å²) in [6, 6.07) is 14.6. The van der Waals surface area contributed by atoms with Crippen molar-refractivity contribution >= 4 is 21.4 Å². The van der Waals surface area contributed by atoms with Crippen LogP contribution in [0.5, 0.6) is 0 Å². The van der Waals surface area contributed by atoms with Crippen LogP contribution >= 0.6 is 0 Å². The molecule has 0 aromatic heterocycles. The van der Waals surface area contributed by atoms with Gasteiger partial charge in [0.1, 0.15) is 0 Å². The maximum absolute atomic E-state index is 12.3. The van der Waals surface area contributed by atoms with Crippen molar-refractivity contribution in [1.29, 1.82) is 0 Å². The molecular weight excluding hydrogens is 350 g/mol. The smallest absolute Gasteiger partial charge is 0.276 e. The molecule has 138 valence electrons. The van der Waals surface area contributed by atoms with E-state index >= 15 is 0 Å². The molecule has 0 aliphatic carbocycles. The van der Waals surface area contributed by atoms with Crippen LogP contribution in [0.3, 0.4) is 0 Å². The number of morpholine rings is 1. The van der Waals surface area contributed by atoms with E-state index in [4.69, 9.17) is 4.74 Å². The van der Waals surface area contributed by atoms with Crippen molar-refractivity contribution < 1.29 is 13.2 Å². The lowest BCUT2D eigenvalue weighted by Crippen LogP contribution is -2.36. The number of hydrogen-bond donors (Lipinski definition) is 1. The van der Waals surface area contributed by atoms with Gasteiger partial charge in [-0.05, 0) is 43.7 Å². The molecule has 7 heteroatoms. The Labute approximate surface area is 154 Å². The molecule has 1 saturated heterocycles. The SMILES string of the molecule is C/C(=N/NS(=O)(=O)c1ccc(C)cc1)c1ccc(N2CCOCC2)cc1. The summed E-state index contributed by atoms with van der Waals surface area (Å²) in [6.45, 7) is 6.92. The molecule has 0 saturated carbocycles. The van der Waals surface area contributed by atoms with Crippen molar-refractivity contribution in [1.82, 2.24) is 4.83 Å². The van der Waals surface area contributed by atoms with E-state index in [2.05, 4.69) is 14.8 Å². The quantitative estimate of drug-likeness (QED) is 0.646. The second-order valence-electron chi connectivity index (χ2n) is 6.25. The van der Waals surface area contributed by atoms with E-state index in [0.29, 0.717) is 5.71 Å². The Hall–Kier alpha value is -2.38. The van der Waals surface area contributed by atoms with Crippen LogP contribution in [0.25, 0.3) is 0 Å². The Morgan fingerprint density at radius 2 is 1.65 bits per heavy atom. The van der Waals surface area contributed by atoms with Gasteiger partial charge in [0.15, 0.2) is 0 Å². The van der Waals surface area contributed by atoms with Crippen LogP contribution in [0.1, 0.15) is 18.1 Å². The molecule has 1 aliphatic rings. The van der Waals surface area contributed by atoms with E-state index in [1.807, 2.05) is 31.2 Å². The van der Waals surface area contributed by atoms with Gasteiger partial charge in [-0.25, -0.2) is 0 Å². The fourth-order valence-corrected chi connectivity index (χ4v) is 3.56. The topological polar surface area (TPSA) is 71.0 Å². The summed E-state index contributed by atoms with van der Waals surface area (Å²) in [7, 11) is -3.67. The van der Waals surface area contributed by atoms with E-state index in [1.165, 1.54) is 0 Å². The molecule has 0 amide bonds. The van der Waals surface area contributed by atoms with Crippen molar-refractivity contribution in [3.8, 4) is 0 Å². The average Bonchev–Trinajstić information content (AvgIpc) is 2.67. The highest BCUT2D eigenvalue weighted by Crippen LogP contribution is 2.17. The zero-order valence-electron chi connectivity index (χ0n) is 15.0. The first kappa shape index (κ1) is 18.4. The van der Waals surface area contributed by atoms with Gasteiger partial charge in [-0.15, -0.1) is 0 Å². The van der Waals surface area contributed by atoms with E-state index in [1.54, 1.807) is 31.2 Å². The van der Waals surface area contributed by atoms with Crippen LogP contribution in [0.4, 0.5) is 5.69 Å². The molecule has 1 heterocycles. The number of hydrogen-bond acceptors (Lipinski definition) is 5. The van der Waals surface area contributed by atoms with Gasteiger partial charge in [-0.3, -0.25) is 0 Å². The Kier molecular flexibility index (Phi) is 5.58. The first-order chi connectivity index (χ1) is 12.5. The predicted molar refractivity (Wildman–Crippen MR) is 103 cm³/mol. The Morgan fingerprint density at radius 3 is 2.27 bits per heavy atom. The number of hydrazone groups is 1. The average molecular weight is 373 g/mol. The predicted octanol–water partition coefficient (Wildman–Crippen LogP) is 2.53. The highest BCUT2D eigenvalue weighted by atomic mass is 32.2. The minimum Gasteiger partial charge on any atom is -0.378 e. The van der Waals surface area contributed by atoms with Crippen LogP contribution in [-0.2, 0) is 14.8 Å². The minimum absolute atomic E-state index is 0.197. The molecule has 1 aliphatic heterocycles. The highest BCUT2D eigenvalue weighted by Gasteiger charge is 2.13. The molecule has 0 unspecified atom stereocenters. The van der Waals surface area contributed by atoms with Gasteiger partial charge in [-0.1, -0.05) is 29.8 Å². The molecular formula is C19H23N3O3S. The molecule has 6 nitrogen and oxygen atoms in total. The Balaban J connectivity index is 1.70. The number of benzene rings is 2. The molecule has 2 aromatic rings. The third kappa shape index (κ3) is 4.42. The van der Waals surface area contributed by atoms with Crippen LogP contribution < -0.4 is 9.73 Å². The summed E-state index contributed by atoms with van der Waals surface area (Å²) >= 11 is 0. The Morgan fingerprint density at radius 1 is 1.04 bits per heavy atom. The van der Waals surface area contributed by atoms with Crippen LogP contribution in [-0.4, -0.2) is 40.4 Å². The number of nitrogens with zero attached hydrogens (tertiary/aromatic N) is 2. The van der Waals surface area contributed by atoms with Crippen molar-refractivity contribution in [3.63, 3.8) is 0 Å². The lowest BCUT2D eigenvalue weighted by atomic mass is 10.1. The largest absolute Gasteiger partial charge is 0.378 e. The molecule has 1 fully saturated rings. The highest BCUT2D eigenvalue weighted by molar-refractivity contribution is 7.89. The second-order valence-corrected chi connectivity index (χ2v) is 7.91. The number of anilines is 1. The molecule has 2 aromatic carbocycles.